The maximum atomic E-state index is 5.68. The molecule has 1 aliphatic carbocycles. The van der Waals surface area contributed by atoms with Crippen LogP contribution in [-0.2, 0) is 12.8 Å². The number of H-pyrrole nitrogens is 1. The van der Waals surface area contributed by atoms with Gasteiger partial charge in [-0.3, -0.25) is 5.10 Å². The summed E-state index contributed by atoms with van der Waals surface area (Å²) in [6.45, 7) is 2.01. The van der Waals surface area contributed by atoms with Gasteiger partial charge in [0.1, 0.15) is 17.3 Å². The van der Waals surface area contributed by atoms with E-state index in [4.69, 9.17) is 9.47 Å². The Morgan fingerprint density at radius 2 is 2.12 bits per heavy atom. The average molecular weight is 338 g/mol. The number of hydrogen-bond donors (Lipinski definition) is 1. The molecule has 3 aromatic rings. The van der Waals surface area contributed by atoms with Gasteiger partial charge in [0.25, 0.3) is 0 Å². The highest BCUT2D eigenvalue weighted by atomic mass is 16.5. The number of methoxy groups -OCH3 is 2. The van der Waals surface area contributed by atoms with E-state index in [-0.39, 0.29) is 0 Å². The first-order chi connectivity index (χ1) is 12.2. The maximum Gasteiger partial charge on any atom is 0.143 e. The highest BCUT2D eigenvalue weighted by Gasteiger charge is 2.25. The molecule has 130 valence electrons. The number of aromatic nitrogens is 4. The highest BCUT2D eigenvalue weighted by molar-refractivity contribution is 5.69. The van der Waals surface area contributed by atoms with Crippen molar-refractivity contribution in [1.82, 2.24) is 19.7 Å². The smallest absolute Gasteiger partial charge is 0.143 e. The molecule has 0 saturated carbocycles. The highest BCUT2D eigenvalue weighted by Crippen LogP contribution is 2.39. The third kappa shape index (κ3) is 2.58. The maximum absolute atomic E-state index is 5.68. The van der Waals surface area contributed by atoms with Gasteiger partial charge in [0.15, 0.2) is 0 Å². The number of fused-ring (bicyclic) bond motifs is 1. The molecule has 0 fully saturated rings. The summed E-state index contributed by atoms with van der Waals surface area (Å²) in [5, 5.41) is 7.30. The van der Waals surface area contributed by atoms with Gasteiger partial charge >= 0.3 is 0 Å². The van der Waals surface area contributed by atoms with E-state index in [0.717, 1.165) is 47.7 Å². The largest absolute Gasteiger partial charge is 0.496 e. The summed E-state index contributed by atoms with van der Waals surface area (Å²) < 4.78 is 13.4. The third-order valence-corrected chi connectivity index (χ3v) is 5.08. The molecule has 0 radical (unpaired) electrons. The molecule has 0 spiro atoms. The van der Waals surface area contributed by atoms with Gasteiger partial charge in [0, 0.05) is 36.1 Å². The predicted molar refractivity (Wildman–Crippen MR) is 95.2 cm³/mol. The summed E-state index contributed by atoms with van der Waals surface area (Å²) in [7, 11) is 3.36. The number of nitrogens with one attached hydrogen (secondary N) is 1. The van der Waals surface area contributed by atoms with Crippen molar-refractivity contribution in [1.29, 1.82) is 0 Å². The molecule has 1 N–H and O–H groups in total. The van der Waals surface area contributed by atoms with Crippen LogP contribution >= 0.6 is 0 Å². The molecule has 1 unspecified atom stereocenters. The molecule has 2 aromatic heterocycles. The van der Waals surface area contributed by atoms with Crippen LogP contribution in [0, 0.1) is 6.92 Å². The van der Waals surface area contributed by atoms with Crippen LogP contribution in [0.2, 0.25) is 0 Å². The first-order valence-corrected chi connectivity index (χ1v) is 8.48. The van der Waals surface area contributed by atoms with Gasteiger partial charge in [-0.15, -0.1) is 0 Å². The van der Waals surface area contributed by atoms with Gasteiger partial charge < -0.3 is 14.0 Å². The number of rotatable bonds is 4. The number of nitrogens with zero attached hydrogens (tertiary/aromatic N) is 3. The summed E-state index contributed by atoms with van der Waals surface area (Å²) in [6, 6.07) is 4.35. The van der Waals surface area contributed by atoms with E-state index in [1.165, 1.54) is 11.3 Å². The average Bonchev–Trinajstić information content (AvgIpc) is 3.29. The lowest BCUT2D eigenvalue weighted by Gasteiger charge is -2.25. The molecule has 25 heavy (non-hydrogen) atoms. The summed E-state index contributed by atoms with van der Waals surface area (Å²) in [4.78, 5) is 4.63. The fourth-order valence-corrected chi connectivity index (χ4v) is 3.78. The molecule has 0 aliphatic heterocycles. The van der Waals surface area contributed by atoms with Crippen LogP contribution < -0.4 is 9.47 Å². The van der Waals surface area contributed by atoms with E-state index < -0.39 is 0 Å². The zero-order chi connectivity index (χ0) is 17.4. The quantitative estimate of drug-likeness (QED) is 0.792. The lowest BCUT2D eigenvalue weighted by atomic mass is 9.93. The van der Waals surface area contributed by atoms with Crippen molar-refractivity contribution < 1.29 is 9.47 Å². The molecule has 6 nitrogen and oxygen atoms in total. The molecule has 0 amide bonds. The second-order valence-electron chi connectivity index (χ2n) is 6.40. The van der Waals surface area contributed by atoms with Crippen molar-refractivity contribution in [2.75, 3.05) is 14.2 Å². The minimum atomic E-state index is 0.359. The van der Waals surface area contributed by atoms with Gasteiger partial charge in [0.05, 0.1) is 26.0 Å². The van der Waals surface area contributed by atoms with Crippen molar-refractivity contribution in [3.63, 3.8) is 0 Å². The molecule has 4 rings (SSSR count). The van der Waals surface area contributed by atoms with Crippen molar-refractivity contribution in [3.05, 3.63) is 47.5 Å². The topological polar surface area (TPSA) is 65.0 Å². The number of ether oxygens (including phenoxy) is 2. The standard InChI is InChI=1S/C19H22N4O2/c1-12-17(24-2)7-6-15(18(12)25-3)19-20-8-9-23(19)14-5-4-13-11-21-22-16(13)10-14/h6-9,11,14H,4-5,10H2,1-3H3,(H,21,22). The van der Waals surface area contributed by atoms with Crippen LogP contribution in [0.4, 0.5) is 0 Å². The Labute approximate surface area is 146 Å². The van der Waals surface area contributed by atoms with Crippen molar-refractivity contribution in [2.45, 2.75) is 32.2 Å². The number of benzene rings is 1. The van der Waals surface area contributed by atoms with Gasteiger partial charge in [-0.25, -0.2) is 4.98 Å². The van der Waals surface area contributed by atoms with Gasteiger partial charge in [-0.2, -0.15) is 5.10 Å². The Kier molecular flexibility index (Phi) is 3.95. The van der Waals surface area contributed by atoms with Crippen LogP contribution in [0.5, 0.6) is 11.5 Å². The molecule has 1 atom stereocenters. The van der Waals surface area contributed by atoms with E-state index in [2.05, 4.69) is 25.9 Å². The van der Waals surface area contributed by atoms with Crippen LogP contribution in [0.3, 0.4) is 0 Å². The first kappa shape index (κ1) is 15.7. The molecule has 0 bridgehead atoms. The molecule has 6 heteroatoms. The SMILES string of the molecule is COc1ccc(-c2nccn2C2CCc3cn[nH]c3C2)c(OC)c1C. The van der Waals surface area contributed by atoms with Gasteiger partial charge in [-0.05, 0) is 37.5 Å². The Morgan fingerprint density at radius 3 is 2.92 bits per heavy atom. The number of imidazole rings is 1. The monoisotopic (exact) mass is 338 g/mol. The van der Waals surface area contributed by atoms with E-state index in [9.17, 15) is 0 Å². The summed E-state index contributed by atoms with van der Waals surface area (Å²) >= 11 is 0. The van der Waals surface area contributed by atoms with E-state index in [1.54, 1.807) is 14.2 Å². The van der Waals surface area contributed by atoms with Crippen molar-refractivity contribution >= 4 is 0 Å². The second-order valence-corrected chi connectivity index (χ2v) is 6.40. The van der Waals surface area contributed by atoms with Crippen LogP contribution in [0.1, 0.15) is 29.3 Å². The van der Waals surface area contributed by atoms with Crippen LogP contribution in [-0.4, -0.2) is 34.0 Å². The van der Waals surface area contributed by atoms with Crippen LogP contribution in [0.15, 0.2) is 30.7 Å². The van der Waals surface area contributed by atoms with Crippen molar-refractivity contribution in [2.24, 2.45) is 0 Å². The Bertz CT molecular complexity index is 897. The first-order valence-electron chi connectivity index (χ1n) is 8.48. The van der Waals surface area contributed by atoms with Gasteiger partial charge in [0.2, 0.25) is 0 Å². The summed E-state index contributed by atoms with van der Waals surface area (Å²) in [6.07, 6.45) is 8.91. The zero-order valence-corrected chi connectivity index (χ0v) is 14.7. The number of aryl methyl sites for hydroxylation is 1. The lowest BCUT2D eigenvalue weighted by Crippen LogP contribution is -2.18. The molecule has 0 saturated heterocycles. The molecular formula is C19H22N4O2. The Morgan fingerprint density at radius 1 is 1.24 bits per heavy atom. The lowest BCUT2D eigenvalue weighted by molar-refractivity contribution is 0.389. The fraction of sp³-hybridized carbons (Fsp3) is 0.368. The van der Waals surface area contributed by atoms with E-state index in [1.807, 2.05) is 31.5 Å². The fourth-order valence-electron chi connectivity index (χ4n) is 3.78. The normalized spacial score (nSPS) is 16.5. The minimum Gasteiger partial charge on any atom is -0.496 e. The molecular weight excluding hydrogens is 316 g/mol. The van der Waals surface area contributed by atoms with Crippen molar-refractivity contribution in [3.8, 4) is 22.9 Å². The summed E-state index contributed by atoms with van der Waals surface area (Å²) in [5.41, 5.74) is 4.53. The van der Waals surface area contributed by atoms with E-state index in [0.29, 0.717) is 6.04 Å². The molecule has 1 aromatic carbocycles. The number of aromatic amines is 1. The van der Waals surface area contributed by atoms with Crippen LogP contribution in [0.25, 0.3) is 11.4 Å². The number of hydrogen-bond acceptors (Lipinski definition) is 4. The van der Waals surface area contributed by atoms with Gasteiger partial charge in [-0.1, -0.05) is 0 Å². The molecule has 2 heterocycles. The Balaban J connectivity index is 1.75. The second kappa shape index (κ2) is 6.27. The Hall–Kier alpha value is -2.76. The summed E-state index contributed by atoms with van der Waals surface area (Å²) in [5.74, 6) is 2.55. The minimum absolute atomic E-state index is 0.359. The zero-order valence-electron chi connectivity index (χ0n) is 14.7. The van der Waals surface area contributed by atoms with E-state index >= 15 is 0 Å². The predicted octanol–water partition coefficient (Wildman–Crippen LogP) is 3.33. The third-order valence-electron chi connectivity index (χ3n) is 5.08. The molecule has 1 aliphatic rings.